The highest BCUT2D eigenvalue weighted by Gasteiger charge is 2.23. The predicted molar refractivity (Wildman–Crippen MR) is 105 cm³/mol. The second-order valence-electron chi connectivity index (χ2n) is 7.31. The van der Waals surface area contributed by atoms with Crippen LogP contribution in [0.3, 0.4) is 0 Å². The van der Waals surface area contributed by atoms with Crippen molar-refractivity contribution < 1.29 is 9.90 Å². The lowest BCUT2D eigenvalue weighted by atomic mass is 9.91. The van der Waals surface area contributed by atoms with Crippen LogP contribution in [0.4, 0.5) is 0 Å². The smallest absolute Gasteiger partial charge is 0.164 e. The first-order valence-corrected chi connectivity index (χ1v) is 9.38. The summed E-state index contributed by atoms with van der Waals surface area (Å²) in [4.78, 5) is 22.4. The minimum Gasteiger partial charge on any atom is -0.396 e. The zero-order valence-corrected chi connectivity index (χ0v) is 16.4. The molecule has 0 bridgehead atoms. The summed E-state index contributed by atoms with van der Waals surface area (Å²) in [5.74, 6) is 0.933. The van der Waals surface area contributed by atoms with Gasteiger partial charge in [0.25, 0.3) is 0 Å². The third kappa shape index (κ3) is 4.71. The Balaban J connectivity index is 2.44. The van der Waals surface area contributed by atoms with E-state index in [1.807, 2.05) is 30.1 Å². The van der Waals surface area contributed by atoms with Crippen molar-refractivity contribution in [3.63, 3.8) is 0 Å². The quantitative estimate of drug-likeness (QED) is 0.496. The molecule has 0 radical (unpaired) electrons. The number of nitrogens with zero attached hydrogens (tertiary/aromatic N) is 4. The predicted octanol–water partition coefficient (Wildman–Crippen LogP) is 2.46. The Morgan fingerprint density at radius 2 is 2.27 bits per heavy atom. The fourth-order valence-electron chi connectivity index (χ4n) is 2.54. The number of pyridine rings is 1. The molecule has 6 nitrogen and oxygen atoms in total. The van der Waals surface area contributed by atoms with Crippen LogP contribution < -0.4 is 0 Å². The lowest BCUT2D eigenvalue weighted by Crippen LogP contribution is -2.37. The van der Waals surface area contributed by atoms with Crippen LogP contribution in [-0.2, 0) is 10.2 Å². The lowest BCUT2D eigenvalue weighted by Gasteiger charge is -2.31. The number of thioether (sulfide) groups is 1. The molecular weight excluding hydrogens is 348 g/mol. The number of allylic oxidation sites excluding steroid dienone is 1. The summed E-state index contributed by atoms with van der Waals surface area (Å²) in [5, 5.41) is 19.4. The van der Waals surface area contributed by atoms with Gasteiger partial charge in [0.2, 0.25) is 0 Å². The van der Waals surface area contributed by atoms with Gasteiger partial charge >= 0.3 is 0 Å². The van der Waals surface area contributed by atoms with Crippen LogP contribution in [0.25, 0.3) is 5.70 Å². The standard InChI is InChI=1S/C19H24N4O2S/c1-19(2,3)16-6-5-14(8-21-16)17(15(7-20)11-25)22-18-23(4)9-13(10-24)12-26-18/h5-6,8,11,13,24H,9-10,12H2,1-4H3/b17-15-,22-18?. The first-order valence-electron chi connectivity index (χ1n) is 8.40. The number of aldehydes is 1. The Morgan fingerprint density at radius 1 is 1.54 bits per heavy atom. The second-order valence-corrected chi connectivity index (χ2v) is 8.30. The molecule has 0 aliphatic carbocycles. The number of rotatable bonds is 4. The molecule has 1 aliphatic heterocycles. The zero-order chi connectivity index (χ0) is 19.3. The molecule has 1 aromatic heterocycles. The minimum atomic E-state index is -0.0875. The van der Waals surface area contributed by atoms with E-state index < -0.39 is 0 Å². The second kappa shape index (κ2) is 8.47. The summed E-state index contributed by atoms with van der Waals surface area (Å²) in [6.45, 7) is 7.03. The minimum absolute atomic E-state index is 0.0268. The van der Waals surface area contributed by atoms with Gasteiger partial charge in [-0.25, -0.2) is 4.99 Å². The number of carbonyl (C=O) groups is 1. The van der Waals surface area contributed by atoms with E-state index in [-0.39, 0.29) is 23.5 Å². The largest absolute Gasteiger partial charge is 0.396 e. The van der Waals surface area contributed by atoms with Crippen molar-refractivity contribution in [2.24, 2.45) is 10.9 Å². The number of hydrogen-bond donors (Lipinski definition) is 1. The molecule has 1 fully saturated rings. The molecule has 0 amide bonds. The van der Waals surface area contributed by atoms with Gasteiger partial charge in [0.05, 0.1) is 5.70 Å². The van der Waals surface area contributed by atoms with Crippen molar-refractivity contribution in [2.45, 2.75) is 26.2 Å². The van der Waals surface area contributed by atoms with Crippen LogP contribution in [-0.4, -0.2) is 52.4 Å². The fourth-order valence-corrected chi connectivity index (χ4v) is 3.58. The molecule has 0 saturated carbocycles. The van der Waals surface area contributed by atoms with E-state index in [4.69, 9.17) is 0 Å². The van der Waals surface area contributed by atoms with Crippen LogP contribution in [0.15, 0.2) is 28.9 Å². The third-order valence-corrected chi connectivity index (χ3v) is 5.37. The van der Waals surface area contributed by atoms with Gasteiger partial charge in [-0.2, -0.15) is 5.26 Å². The number of amidine groups is 1. The maximum absolute atomic E-state index is 11.4. The molecule has 0 aromatic carbocycles. The van der Waals surface area contributed by atoms with Crippen LogP contribution in [0.1, 0.15) is 32.0 Å². The van der Waals surface area contributed by atoms with E-state index >= 15 is 0 Å². The van der Waals surface area contributed by atoms with Gasteiger partial charge < -0.3 is 10.0 Å². The highest BCUT2D eigenvalue weighted by Crippen LogP contribution is 2.27. The zero-order valence-electron chi connectivity index (χ0n) is 15.6. The van der Waals surface area contributed by atoms with E-state index in [9.17, 15) is 15.2 Å². The molecule has 2 heterocycles. The number of aliphatic imine (C=N–C) groups is 1. The van der Waals surface area contributed by atoms with Crippen LogP contribution in [0.5, 0.6) is 0 Å². The van der Waals surface area contributed by atoms with Crippen molar-refractivity contribution >= 4 is 28.9 Å². The van der Waals surface area contributed by atoms with Gasteiger partial charge in [-0.05, 0) is 12.1 Å². The van der Waals surface area contributed by atoms with E-state index in [0.29, 0.717) is 24.1 Å². The normalized spacial score (nSPS) is 20.5. The van der Waals surface area contributed by atoms with Crippen molar-refractivity contribution in [1.29, 1.82) is 5.26 Å². The van der Waals surface area contributed by atoms with E-state index in [2.05, 4.69) is 30.7 Å². The molecule has 26 heavy (non-hydrogen) atoms. The number of hydrogen-bond acceptors (Lipinski definition) is 6. The van der Waals surface area contributed by atoms with Crippen molar-refractivity contribution in [3.8, 4) is 6.07 Å². The van der Waals surface area contributed by atoms with Crippen molar-refractivity contribution in [3.05, 3.63) is 35.2 Å². The van der Waals surface area contributed by atoms with Crippen LogP contribution >= 0.6 is 11.8 Å². The average molecular weight is 372 g/mol. The summed E-state index contributed by atoms with van der Waals surface area (Å²) in [6, 6.07) is 5.67. The third-order valence-electron chi connectivity index (χ3n) is 4.07. The molecule has 138 valence electrons. The van der Waals surface area contributed by atoms with Gasteiger partial charge in [0.1, 0.15) is 11.6 Å². The number of aliphatic hydroxyl groups excluding tert-OH is 1. The molecular formula is C19H24N4O2S. The molecule has 1 unspecified atom stereocenters. The number of nitriles is 1. The molecule has 1 aromatic rings. The van der Waals surface area contributed by atoms with Gasteiger partial charge in [0, 0.05) is 54.7 Å². The molecule has 0 spiro atoms. The average Bonchev–Trinajstić information content (AvgIpc) is 2.62. The van der Waals surface area contributed by atoms with E-state index in [1.54, 1.807) is 6.20 Å². The summed E-state index contributed by atoms with van der Waals surface area (Å²) in [7, 11) is 1.89. The Kier molecular flexibility index (Phi) is 6.57. The maximum Gasteiger partial charge on any atom is 0.164 e. The molecule has 1 aliphatic rings. The highest BCUT2D eigenvalue weighted by molar-refractivity contribution is 8.13. The first kappa shape index (κ1) is 20.1. The highest BCUT2D eigenvalue weighted by atomic mass is 32.2. The maximum atomic E-state index is 11.4. The number of aromatic nitrogens is 1. The van der Waals surface area contributed by atoms with Crippen LogP contribution in [0, 0.1) is 17.2 Å². The monoisotopic (exact) mass is 372 g/mol. The molecule has 1 N–H and O–H groups in total. The molecule has 1 saturated heterocycles. The Morgan fingerprint density at radius 3 is 2.73 bits per heavy atom. The number of carbonyl (C=O) groups excluding carboxylic acids is 1. The Hall–Kier alpha value is -2.17. The summed E-state index contributed by atoms with van der Waals surface area (Å²) >= 11 is 1.51. The molecule has 2 rings (SSSR count). The van der Waals surface area contributed by atoms with Crippen molar-refractivity contribution in [1.82, 2.24) is 9.88 Å². The summed E-state index contributed by atoms with van der Waals surface area (Å²) < 4.78 is 0. The first-order chi connectivity index (χ1) is 12.3. The molecule has 1 atom stereocenters. The summed E-state index contributed by atoms with van der Waals surface area (Å²) in [5.41, 5.74) is 1.77. The van der Waals surface area contributed by atoms with Gasteiger partial charge in [-0.1, -0.05) is 32.5 Å². The van der Waals surface area contributed by atoms with E-state index in [0.717, 1.165) is 16.6 Å². The fraction of sp³-hybridized carbons (Fsp3) is 0.474. The van der Waals surface area contributed by atoms with E-state index in [1.165, 1.54) is 11.8 Å². The Bertz CT molecular complexity index is 757. The molecule has 7 heteroatoms. The SMILES string of the molecule is CN1CC(CO)CSC1=N/C(=C(/C#N)C=O)c1ccc(C(C)(C)C)nc1. The lowest BCUT2D eigenvalue weighted by molar-refractivity contribution is -0.104. The summed E-state index contributed by atoms with van der Waals surface area (Å²) in [6.07, 6.45) is 2.19. The van der Waals surface area contributed by atoms with Gasteiger partial charge in [0.15, 0.2) is 11.5 Å². The number of aliphatic hydroxyl groups is 1. The van der Waals surface area contributed by atoms with Gasteiger partial charge in [-0.15, -0.1) is 0 Å². The topological polar surface area (TPSA) is 89.6 Å². The van der Waals surface area contributed by atoms with Crippen molar-refractivity contribution in [2.75, 3.05) is 26.0 Å². The van der Waals surface area contributed by atoms with Gasteiger partial charge in [-0.3, -0.25) is 9.78 Å². The van der Waals surface area contributed by atoms with Crippen LogP contribution in [0.2, 0.25) is 0 Å². The Labute approximate surface area is 158 Å².